The summed E-state index contributed by atoms with van der Waals surface area (Å²) in [5, 5.41) is 27.3. The fraction of sp³-hybridized carbons (Fsp3) is 0.0476. The van der Waals surface area contributed by atoms with Gasteiger partial charge >= 0.3 is 0 Å². The van der Waals surface area contributed by atoms with Gasteiger partial charge < -0.3 is 0 Å². The van der Waals surface area contributed by atoms with Crippen LogP contribution in [0.25, 0.3) is 22.2 Å². The van der Waals surface area contributed by atoms with E-state index in [0.29, 0.717) is 11.1 Å². The van der Waals surface area contributed by atoms with Gasteiger partial charge in [-0.3, -0.25) is 4.79 Å². The lowest BCUT2D eigenvalue weighted by Gasteiger charge is -2.02. The Bertz CT molecular complexity index is 1250. The molecule has 0 aliphatic rings. The first kappa shape index (κ1) is 18.0. The van der Waals surface area contributed by atoms with Crippen LogP contribution < -0.4 is 5.43 Å². The molecular weight excluding hydrogens is 366 g/mol. The Hall–Kier alpha value is -4.38. The molecule has 0 saturated carbocycles. The highest BCUT2D eigenvalue weighted by Crippen LogP contribution is 2.18. The standard InChI is InChI=1S/C21H15N7O/c22-12-16-7-2-4-11-19(16)21-25-27-28(26-21)14-20(29)24-23-13-17-9-5-8-15-6-1-3-10-18(15)17/h1-11,13H,14H2,(H,24,29)/b23-13-. The third-order valence-corrected chi connectivity index (χ3v) is 4.24. The van der Waals surface area contributed by atoms with Gasteiger partial charge in [0.1, 0.15) is 6.54 Å². The van der Waals surface area contributed by atoms with Gasteiger partial charge in [-0.05, 0) is 28.1 Å². The minimum Gasteiger partial charge on any atom is -0.271 e. The van der Waals surface area contributed by atoms with E-state index in [1.165, 1.54) is 0 Å². The summed E-state index contributed by atoms with van der Waals surface area (Å²) in [7, 11) is 0. The largest absolute Gasteiger partial charge is 0.271 e. The maximum Gasteiger partial charge on any atom is 0.263 e. The predicted octanol–water partition coefficient (Wildman–Crippen LogP) is 2.52. The van der Waals surface area contributed by atoms with Crippen molar-refractivity contribution in [2.24, 2.45) is 5.10 Å². The van der Waals surface area contributed by atoms with Crippen molar-refractivity contribution in [3.63, 3.8) is 0 Å². The highest BCUT2D eigenvalue weighted by molar-refractivity contribution is 5.99. The van der Waals surface area contributed by atoms with Gasteiger partial charge in [0.15, 0.2) is 0 Å². The lowest BCUT2D eigenvalue weighted by atomic mass is 10.1. The molecule has 0 radical (unpaired) electrons. The van der Waals surface area contributed by atoms with Crippen molar-refractivity contribution in [3.05, 3.63) is 77.9 Å². The van der Waals surface area contributed by atoms with Crippen LogP contribution in [0, 0.1) is 11.3 Å². The lowest BCUT2D eigenvalue weighted by Crippen LogP contribution is -2.24. The van der Waals surface area contributed by atoms with Crippen LogP contribution in [0.2, 0.25) is 0 Å². The number of carbonyl (C=O) groups is 1. The van der Waals surface area contributed by atoms with E-state index in [0.717, 1.165) is 21.1 Å². The molecule has 8 heteroatoms. The molecule has 0 atom stereocenters. The maximum absolute atomic E-state index is 12.1. The lowest BCUT2D eigenvalue weighted by molar-refractivity contribution is -0.122. The molecule has 29 heavy (non-hydrogen) atoms. The van der Waals surface area contributed by atoms with E-state index in [1.807, 2.05) is 42.5 Å². The van der Waals surface area contributed by atoms with Crippen LogP contribution in [0.1, 0.15) is 11.1 Å². The number of carbonyl (C=O) groups excluding carboxylic acids is 1. The summed E-state index contributed by atoms with van der Waals surface area (Å²) in [5.41, 5.74) is 4.37. The Morgan fingerprint density at radius 2 is 1.90 bits per heavy atom. The van der Waals surface area contributed by atoms with Crippen LogP contribution in [-0.2, 0) is 11.3 Å². The Morgan fingerprint density at radius 3 is 2.79 bits per heavy atom. The average molecular weight is 381 g/mol. The van der Waals surface area contributed by atoms with Gasteiger partial charge in [0.05, 0.1) is 17.8 Å². The van der Waals surface area contributed by atoms with E-state index in [9.17, 15) is 10.1 Å². The Morgan fingerprint density at radius 1 is 1.10 bits per heavy atom. The molecule has 0 unspecified atom stereocenters. The molecule has 1 N–H and O–H groups in total. The van der Waals surface area contributed by atoms with Gasteiger partial charge in [-0.15, -0.1) is 10.2 Å². The van der Waals surface area contributed by atoms with E-state index in [1.54, 1.807) is 30.5 Å². The second kappa shape index (κ2) is 8.10. The number of rotatable bonds is 5. The first-order valence-corrected chi connectivity index (χ1v) is 8.81. The number of nitrogens with one attached hydrogen (secondary N) is 1. The van der Waals surface area contributed by atoms with Crippen LogP contribution >= 0.6 is 0 Å². The van der Waals surface area contributed by atoms with Gasteiger partial charge in [0.2, 0.25) is 5.82 Å². The van der Waals surface area contributed by atoms with Crippen molar-refractivity contribution in [2.75, 3.05) is 0 Å². The molecule has 1 amide bonds. The smallest absolute Gasteiger partial charge is 0.263 e. The number of fused-ring (bicyclic) bond motifs is 1. The SMILES string of the molecule is N#Cc1ccccc1-c1nnn(CC(=O)N/N=C\c2cccc3ccccc23)n1. The number of aromatic nitrogens is 4. The Labute approximate surface area is 166 Å². The average Bonchev–Trinajstić information content (AvgIpc) is 3.22. The number of amides is 1. The van der Waals surface area contributed by atoms with Gasteiger partial charge in [-0.2, -0.15) is 15.2 Å². The Balaban J connectivity index is 1.42. The van der Waals surface area contributed by atoms with Crippen LogP contribution in [-0.4, -0.2) is 32.3 Å². The minimum atomic E-state index is -0.390. The molecule has 4 rings (SSSR count). The summed E-state index contributed by atoms with van der Waals surface area (Å²) in [5.74, 6) is -0.104. The van der Waals surface area contributed by atoms with Gasteiger partial charge in [0.25, 0.3) is 5.91 Å². The summed E-state index contributed by atoms with van der Waals surface area (Å²) in [6.07, 6.45) is 1.60. The highest BCUT2D eigenvalue weighted by atomic mass is 16.2. The zero-order valence-electron chi connectivity index (χ0n) is 15.2. The third-order valence-electron chi connectivity index (χ3n) is 4.24. The van der Waals surface area contributed by atoms with Crippen molar-refractivity contribution in [2.45, 2.75) is 6.54 Å². The first-order chi connectivity index (χ1) is 14.2. The summed E-state index contributed by atoms with van der Waals surface area (Å²) >= 11 is 0. The van der Waals surface area contributed by atoms with E-state index >= 15 is 0 Å². The van der Waals surface area contributed by atoms with Gasteiger partial charge in [-0.1, -0.05) is 54.6 Å². The minimum absolute atomic E-state index is 0.144. The number of nitrogens with zero attached hydrogens (tertiary/aromatic N) is 6. The molecular formula is C21H15N7O. The number of hydrogen-bond acceptors (Lipinski definition) is 6. The van der Waals surface area contributed by atoms with Crippen molar-refractivity contribution >= 4 is 22.9 Å². The van der Waals surface area contributed by atoms with E-state index in [-0.39, 0.29) is 18.3 Å². The topological polar surface area (TPSA) is 109 Å². The fourth-order valence-corrected chi connectivity index (χ4v) is 2.89. The van der Waals surface area contributed by atoms with Crippen molar-refractivity contribution in [1.29, 1.82) is 5.26 Å². The van der Waals surface area contributed by atoms with E-state index < -0.39 is 0 Å². The summed E-state index contributed by atoms with van der Waals surface area (Å²) in [6.45, 7) is -0.144. The van der Waals surface area contributed by atoms with E-state index in [4.69, 9.17) is 0 Å². The highest BCUT2D eigenvalue weighted by Gasteiger charge is 2.12. The molecule has 0 fully saturated rings. The summed E-state index contributed by atoms with van der Waals surface area (Å²) in [6, 6.07) is 22.9. The fourth-order valence-electron chi connectivity index (χ4n) is 2.89. The van der Waals surface area contributed by atoms with E-state index in [2.05, 4.69) is 32.0 Å². The van der Waals surface area contributed by atoms with Gasteiger partial charge in [-0.25, -0.2) is 5.43 Å². The predicted molar refractivity (Wildman–Crippen MR) is 108 cm³/mol. The molecule has 140 valence electrons. The molecule has 0 aliphatic heterocycles. The van der Waals surface area contributed by atoms with Crippen molar-refractivity contribution < 1.29 is 4.79 Å². The number of hydrazone groups is 1. The van der Waals surface area contributed by atoms with Gasteiger partial charge in [0, 0.05) is 11.1 Å². The first-order valence-electron chi connectivity index (χ1n) is 8.81. The number of tetrazole rings is 1. The van der Waals surface area contributed by atoms with Crippen LogP contribution in [0.3, 0.4) is 0 Å². The normalized spacial score (nSPS) is 10.9. The number of benzene rings is 3. The molecule has 0 spiro atoms. The molecule has 0 saturated heterocycles. The second-order valence-corrected chi connectivity index (χ2v) is 6.16. The summed E-state index contributed by atoms with van der Waals surface area (Å²) < 4.78 is 0. The molecule has 0 bridgehead atoms. The van der Waals surface area contributed by atoms with Crippen LogP contribution in [0.5, 0.6) is 0 Å². The molecule has 4 aromatic rings. The molecule has 8 nitrogen and oxygen atoms in total. The number of hydrogen-bond donors (Lipinski definition) is 1. The van der Waals surface area contributed by atoms with Crippen LogP contribution in [0.15, 0.2) is 71.8 Å². The molecule has 1 heterocycles. The Kier molecular flexibility index (Phi) is 5.03. The third kappa shape index (κ3) is 3.99. The summed E-state index contributed by atoms with van der Waals surface area (Å²) in [4.78, 5) is 13.3. The quantitative estimate of drug-likeness (QED) is 0.422. The van der Waals surface area contributed by atoms with Crippen molar-refractivity contribution in [3.8, 4) is 17.5 Å². The monoisotopic (exact) mass is 381 g/mol. The van der Waals surface area contributed by atoms with Crippen molar-refractivity contribution in [1.82, 2.24) is 25.6 Å². The zero-order chi connectivity index (χ0) is 20.1. The zero-order valence-corrected chi connectivity index (χ0v) is 15.2. The molecule has 1 aromatic heterocycles. The second-order valence-electron chi connectivity index (χ2n) is 6.16. The molecule has 3 aromatic carbocycles. The molecule has 0 aliphatic carbocycles. The maximum atomic E-state index is 12.1. The number of nitriles is 1. The van der Waals surface area contributed by atoms with Crippen LogP contribution in [0.4, 0.5) is 0 Å².